The minimum absolute atomic E-state index is 0. The van der Waals surface area contributed by atoms with E-state index in [0.29, 0.717) is 19.1 Å². The first-order chi connectivity index (χ1) is 11.2. The number of hydrogen-bond acceptors (Lipinski definition) is 3. The molecule has 0 spiro atoms. The zero-order chi connectivity index (χ0) is 16.8. The molecule has 138 valence electrons. The summed E-state index contributed by atoms with van der Waals surface area (Å²) >= 11 is 0. The van der Waals surface area contributed by atoms with Gasteiger partial charge in [0.1, 0.15) is 0 Å². The van der Waals surface area contributed by atoms with Gasteiger partial charge in [0.2, 0.25) is 0 Å². The standard InChI is InChI=1S/C18H31N3O2.HI/c1-16(2)14-22-12-7-10-20-18(19-3)21-11-13-23-15-17-8-5-4-6-9-17;/h4-6,8-9,16H,7,10-15H2,1-3H3,(H2,19,20,21);1H. The molecule has 1 aromatic carbocycles. The lowest BCUT2D eigenvalue weighted by Crippen LogP contribution is -2.39. The van der Waals surface area contributed by atoms with Crippen LogP contribution in [0.15, 0.2) is 35.3 Å². The highest BCUT2D eigenvalue weighted by molar-refractivity contribution is 14.0. The van der Waals surface area contributed by atoms with E-state index in [-0.39, 0.29) is 24.0 Å². The molecule has 0 saturated carbocycles. The van der Waals surface area contributed by atoms with Crippen molar-refractivity contribution in [1.82, 2.24) is 10.6 Å². The molecule has 0 saturated heterocycles. The molecule has 0 radical (unpaired) electrons. The highest BCUT2D eigenvalue weighted by atomic mass is 127. The third kappa shape index (κ3) is 12.5. The molecule has 1 aromatic rings. The molecule has 0 fully saturated rings. The number of rotatable bonds is 11. The van der Waals surface area contributed by atoms with E-state index in [1.807, 2.05) is 18.2 Å². The quantitative estimate of drug-likeness (QED) is 0.236. The minimum atomic E-state index is 0. The summed E-state index contributed by atoms with van der Waals surface area (Å²) in [6.07, 6.45) is 0.970. The van der Waals surface area contributed by atoms with E-state index in [9.17, 15) is 0 Å². The topological polar surface area (TPSA) is 54.9 Å². The third-order valence-corrected chi connectivity index (χ3v) is 3.08. The zero-order valence-electron chi connectivity index (χ0n) is 15.1. The Kier molecular flexibility index (Phi) is 15.1. The van der Waals surface area contributed by atoms with Gasteiger partial charge >= 0.3 is 0 Å². The van der Waals surface area contributed by atoms with Crippen LogP contribution in [-0.4, -0.2) is 45.9 Å². The van der Waals surface area contributed by atoms with Crippen LogP contribution in [0, 0.1) is 5.92 Å². The first-order valence-corrected chi connectivity index (χ1v) is 8.36. The Hall–Kier alpha value is -0.860. The fourth-order valence-electron chi connectivity index (χ4n) is 1.93. The van der Waals surface area contributed by atoms with Crippen LogP contribution in [0.2, 0.25) is 0 Å². The summed E-state index contributed by atoms with van der Waals surface area (Å²) in [7, 11) is 1.77. The number of aliphatic imine (C=N–C) groups is 1. The highest BCUT2D eigenvalue weighted by Crippen LogP contribution is 1.99. The van der Waals surface area contributed by atoms with E-state index < -0.39 is 0 Å². The molecule has 0 aliphatic heterocycles. The number of benzene rings is 1. The lowest BCUT2D eigenvalue weighted by molar-refractivity contribution is 0.108. The summed E-state index contributed by atoms with van der Waals surface area (Å²) in [6, 6.07) is 10.2. The van der Waals surface area contributed by atoms with Crippen LogP contribution in [-0.2, 0) is 16.1 Å². The van der Waals surface area contributed by atoms with Crippen molar-refractivity contribution in [3.8, 4) is 0 Å². The third-order valence-electron chi connectivity index (χ3n) is 3.08. The molecule has 2 N–H and O–H groups in total. The Bertz CT molecular complexity index is 428. The smallest absolute Gasteiger partial charge is 0.191 e. The summed E-state index contributed by atoms with van der Waals surface area (Å²) in [4.78, 5) is 4.19. The van der Waals surface area contributed by atoms with Crippen LogP contribution in [0.3, 0.4) is 0 Å². The Morgan fingerprint density at radius 1 is 1.04 bits per heavy atom. The molecule has 0 unspecified atom stereocenters. The Morgan fingerprint density at radius 2 is 1.75 bits per heavy atom. The number of halogens is 1. The average molecular weight is 449 g/mol. The van der Waals surface area contributed by atoms with Crippen molar-refractivity contribution in [1.29, 1.82) is 0 Å². The average Bonchev–Trinajstić information content (AvgIpc) is 2.56. The lowest BCUT2D eigenvalue weighted by atomic mass is 10.2. The van der Waals surface area contributed by atoms with Crippen molar-refractivity contribution in [2.45, 2.75) is 26.9 Å². The van der Waals surface area contributed by atoms with Crippen LogP contribution in [0.4, 0.5) is 0 Å². The fraction of sp³-hybridized carbons (Fsp3) is 0.611. The molecule has 0 bridgehead atoms. The van der Waals surface area contributed by atoms with Gasteiger partial charge in [-0.2, -0.15) is 0 Å². The summed E-state index contributed by atoms with van der Waals surface area (Å²) in [5, 5.41) is 6.51. The number of guanidine groups is 1. The SMILES string of the molecule is CN=C(NCCCOCC(C)C)NCCOCc1ccccc1.I. The van der Waals surface area contributed by atoms with Crippen molar-refractivity contribution < 1.29 is 9.47 Å². The number of ether oxygens (including phenoxy) is 2. The second kappa shape index (κ2) is 15.7. The van der Waals surface area contributed by atoms with E-state index in [2.05, 4.69) is 41.6 Å². The Labute approximate surface area is 163 Å². The van der Waals surface area contributed by atoms with Crippen LogP contribution in [0.25, 0.3) is 0 Å². The molecule has 0 aliphatic rings. The molecule has 5 nitrogen and oxygen atoms in total. The second-order valence-corrected chi connectivity index (χ2v) is 5.79. The van der Waals surface area contributed by atoms with Gasteiger partial charge in [-0.05, 0) is 17.9 Å². The van der Waals surface area contributed by atoms with Crippen LogP contribution in [0.5, 0.6) is 0 Å². The molecular formula is C18H32IN3O2. The predicted octanol–water partition coefficient (Wildman–Crippen LogP) is 3.05. The molecule has 24 heavy (non-hydrogen) atoms. The largest absolute Gasteiger partial charge is 0.381 e. The lowest BCUT2D eigenvalue weighted by Gasteiger charge is -2.12. The molecule has 0 heterocycles. The normalized spacial score (nSPS) is 11.2. The summed E-state index contributed by atoms with van der Waals surface area (Å²) in [5.74, 6) is 1.39. The van der Waals surface area contributed by atoms with Gasteiger partial charge in [0.25, 0.3) is 0 Å². The van der Waals surface area contributed by atoms with E-state index in [1.165, 1.54) is 5.56 Å². The van der Waals surface area contributed by atoms with Crippen molar-refractivity contribution in [3.63, 3.8) is 0 Å². The molecule has 0 aliphatic carbocycles. The van der Waals surface area contributed by atoms with Crippen LogP contribution in [0.1, 0.15) is 25.8 Å². The molecule has 0 amide bonds. The first-order valence-electron chi connectivity index (χ1n) is 8.36. The molecule has 1 rings (SSSR count). The highest BCUT2D eigenvalue weighted by Gasteiger charge is 1.98. The van der Waals surface area contributed by atoms with Gasteiger partial charge in [0, 0.05) is 33.4 Å². The summed E-state index contributed by atoms with van der Waals surface area (Å²) in [5.41, 5.74) is 1.19. The second-order valence-electron chi connectivity index (χ2n) is 5.79. The van der Waals surface area contributed by atoms with Gasteiger partial charge in [-0.15, -0.1) is 24.0 Å². The van der Waals surface area contributed by atoms with Gasteiger partial charge in [-0.25, -0.2) is 0 Å². The molecular weight excluding hydrogens is 417 g/mol. The summed E-state index contributed by atoms with van der Waals surface area (Å²) in [6.45, 7) is 8.79. The zero-order valence-corrected chi connectivity index (χ0v) is 17.4. The van der Waals surface area contributed by atoms with E-state index >= 15 is 0 Å². The van der Waals surface area contributed by atoms with Gasteiger partial charge in [-0.1, -0.05) is 44.2 Å². The van der Waals surface area contributed by atoms with E-state index in [4.69, 9.17) is 9.47 Å². The maximum absolute atomic E-state index is 5.63. The van der Waals surface area contributed by atoms with Gasteiger partial charge in [0.05, 0.1) is 13.2 Å². The number of hydrogen-bond donors (Lipinski definition) is 2. The van der Waals surface area contributed by atoms with Gasteiger partial charge in [0.15, 0.2) is 5.96 Å². The minimum Gasteiger partial charge on any atom is -0.381 e. The van der Waals surface area contributed by atoms with Gasteiger partial charge in [-0.3, -0.25) is 4.99 Å². The Morgan fingerprint density at radius 3 is 2.42 bits per heavy atom. The first kappa shape index (κ1) is 23.1. The monoisotopic (exact) mass is 449 g/mol. The van der Waals surface area contributed by atoms with E-state index in [1.54, 1.807) is 7.05 Å². The maximum atomic E-state index is 5.63. The number of nitrogens with zero attached hydrogens (tertiary/aromatic N) is 1. The van der Waals surface area contributed by atoms with Gasteiger partial charge < -0.3 is 20.1 Å². The van der Waals surface area contributed by atoms with Crippen molar-refractivity contribution in [2.75, 3.05) is 40.0 Å². The fourth-order valence-corrected chi connectivity index (χ4v) is 1.93. The van der Waals surface area contributed by atoms with Crippen LogP contribution >= 0.6 is 24.0 Å². The van der Waals surface area contributed by atoms with Crippen molar-refractivity contribution >= 4 is 29.9 Å². The molecule has 6 heteroatoms. The maximum Gasteiger partial charge on any atom is 0.191 e. The van der Waals surface area contributed by atoms with E-state index in [0.717, 1.165) is 38.7 Å². The summed E-state index contributed by atoms with van der Waals surface area (Å²) < 4.78 is 11.2. The van der Waals surface area contributed by atoms with Crippen LogP contribution < -0.4 is 10.6 Å². The molecule has 0 atom stereocenters. The number of nitrogens with one attached hydrogen (secondary N) is 2. The molecule has 0 aromatic heterocycles. The Balaban J connectivity index is 0.00000529. The predicted molar refractivity (Wildman–Crippen MR) is 111 cm³/mol. The van der Waals surface area contributed by atoms with Crippen molar-refractivity contribution in [2.24, 2.45) is 10.9 Å². The van der Waals surface area contributed by atoms with Crippen molar-refractivity contribution in [3.05, 3.63) is 35.9 Å².